The highest BCUT2D eigenvalue weighted by Gasteiger charge is 2.33. The van der Waals surface area contributed by atoms with E-state index in [-0.39, 0.29) is 18.3 Å². The number of anilines is 1. The number of carbonyl (C=O) groups excluding carboxylic acids is 2. The molecule has 1 aliphatic heterocycles. The van der Waals surface area contributed by atoms with Crippen LogP contribution >= 0.6 is 47.1 Å². The Morgan fingerprint density at radius 1 is 1.21 bits per heavy atom. The Bertz CT molecular complexity index is 1240. The molecule has 0 radical (unpaired) electrons. The van der Waals surface area contributed by atoms with E-state index in [0.717, 1.165) is 11.1 Å². The van der Waals surface area contributed by atoms with Gasteiger partial charge in [0.25, 0.3) is 5.91 Å². The molecular formula is C22H17FN4O2S4. The molecule has 1 saturated heterocycles. The molecule has 6 nitrogen and oxygen atoms in total. The Kier molecular flexibility index (Phi) is 7.53. The second kappa shape index (κ2) is 10.6. The van der Waals surface area contributed by atoms with Crippen LogP contribution in [0.1, 0.15) is 16.7 Å². The zero-order valence-electron chi connectivity index (χ0n) is 17.3. The molecule has 2 heterocycles. The van der Waals surface area contributed by atoms with Crippen molar-refractivity contribution < 1.29 is 14.0 Å². The van der Waals surface area contributed by atoms with Crippen LogP contribution in [0.25, 0.3) is 6.08 Å². The number of hydrogen-bond donors (Lipinski definition) is 1. The minimum absolute atomic E-state index is 0.215. The summed E-state index contributed by atoms with van der Waals surface area (Å²) in [6, 6.07) is 14.3. The van der Waals surface area contributed by atoms with Crippen LogP contribution in [0.15, 0.2) is 57.8 Å². The van der Waals surface area contributed by atoms with Crippen molar-refractivity contribution in [1.82, 2.24) is 15.1 Å². The summed E-state index contributed by atoms with van der Waals surface area (Å²) in [5.74, 6) is -0.606. The highest BCUT2D eigenvalue weighted by Crippen LogP contribution is 2.33. The van der Waals surface area contributed by atoms with Crippen LogP contribution < -0.4 is 5.32 Å². The van der Waals surface area contributed by atoms with Gasteiger partial charge in [-0.3, -0.25) is 19.8 Å². The third-order valence-electron chi connectivity index (χ3n) is 4.51. The van der Waals surface area contributed by atoms with Gasteiger partial charge in [-0.05, 0) is 30.2 Å². The third kappa shape index (κ3) is 6.05. The Balaban J connectivity index is 1.33. The van der Waals surface area contributed by atoms with E-state index >= 15 is 0 Å². The summed E-state index contributed by atoms with van der Waals surface area (Å²) in [6.45, 7) is 1.78. The highest BCUT2D eigenvalue weighted by atomic mass is 32.2. The van der Waals surface area contributed by atoms with Crippen molar-refractivity contribution in [3.63, 3.8) is 0 Å². The van der Waals surface area contributed by atoms with Gasteiger partial charge in [-0.15, -0.1) is 10.2 Å². The van der Waals surface area contributed by atoms with E-state index in [1.165, 1.54) is 45.8 Å². The summed E-state index contributed by atoms with van der Waals surface area (Å²) in [5.41, 5.74) is 2.58. The summed E-state index contributed by atoms with van der Waals surface area (Å²) in [4.78, 5) is 27.0. The molecule has 33 heavy (non-hydrogen) atoms. The summed E-state index contributed by atoms with van der Waals surface area (Å²) >= 11 is 8.98. The zero-order valence-corrected chi connectivity index (χ0v) is 20.5. The van der Waals surface area contributed by atoms with Crippen LogP contribution in [0.4, 0.5) is 9.52 Å². The van der Waals surface area contributed by atoms with E-state index in [1.807, 2.05) is 31.2 Å². The van der Waals surface area contributed by atoms with Crippen molar-refractivity contribution in [1.29, 1.82) is 0 Å². The summed E-state index contributed by atoms with van der Waals surface area (Å²) in [5, 5.41) is 10.9. The topological polar surface area (TPSA) is 75.2 Å². The molecule has 1 aromatic heterocycles. The lowest BCUT2D eigenvalue weighted by Crippen LogP contribution is -2.36. The molecule has 168 valence electrons. The molecule has 1 aliphatic rings. The SMILES string of the molecule is Cc1ccc(/C=C2\SC(=S)N(CC(=O)Nc3nnc(SCc4ccccc4F)s3)C2=O)cc1. The predicted molar refractivity (Wildman–Crippen MR) is 136 cm³/mol. The number of carbonyl (C=O) groups is 2. The van der Waals surface area contributed by atoms with Crippen molar-refractivity contribution in [3.8, 4) is 0 Å². The molecule has 0 unspecified atom stereocenters. The largest absolute Gasteiger partial charge is 0.299 e. The average molecular weight is 517 g/mol. The molecule has 0 saturated carbocycles. The summed E-state index contributed by atoms with van der Waals surface area (Å²) in [7, 11) is 0. The summed E-state index contributed by atoms with van der Waals surface area (Å²) in [6.07, 6.45) is 1.76. The molecule has 0 atom stereocenters. The number of benzene rings is 2. The van der Waals surface area contributed by atoms with Gasteiger partial charge in [0, 0.05) is 5.75 Å². The maximum atomic E-state index is 13.7. The van der Waals surface area contributed by atoms with Gasteiger partial charge in [-0.2, -0.15) is 0 Å². The van der Waals surface area contributed by atoms with Gasteiger partial charge in [0.05, 0.1) is 4.91 Å². The van der Waals surface area contributed by atoms with Crippen molar-refractivity contribution in [3.05, 3.63) is 75.9 Å². The molecule has 11 heteroatoms. The third-order valence-corrected chi connectivity index (χ3v) is 7.91. The maximum Gasteiger partial charge on any atom is 0.266 e. The van der Waals surface area contributed by atoms with Gasteiger partial charge in [-0.25, -0.2) is 4.39 Å². The van der Waals surface area contributed by atoms with Crippen LogP contribution in [-0.4, -0.2) is 37.8 Å². The number of aryl methyl sites for hydroxylation is 1. The Morgan fingerprint density at radius 3 is 2.73 bits per heavy atom. The fraction of sp³-hybridized carbons (Fsp3) is 0.136. The van der Waals surface area contributed by atoms with Gasteiger partial charge >= 0.3 is 0 Å². The first kappa shape index (κ1) is 23.6. The van der Waals surface area contributed by atoms with Gasteiger partial charge in [0.15, 0.2) is 4.34 Å². The molecule has 2 amide bonds. The normalized spacial score (nSPS) is 14.8. The lowest BCUT2D eigenvalue weighted by Gasteiger charge is -2.13. The van der Waals surface area contributed by atoms with E-state index in [2.05, 4.69) is 15.5 Å². The molecule has 0 bridgehead atoms. The number of amides is 2. The smallest absolute Gasteiger partial charge is 0.266 e. The van der Waals surface area contributed by atoms with E-state index in [4.69, 9.17) is 12.2 Å². The van der Waals surface area contributed by atoms with Crippen LogP contribution in [0.5, 0.6) is 0 Å². The Hall–Kier alpha value is -2.60. The zero-order chi connectivity index (χ0) is 23.4. The lowest BCUT2D eigenvalue weighted by atomic mass is 10.1. The first-order valence-electron chi connectivity index (χ1n) is 9.70. The van der Waals surface area contributed by atoms with Crippen molar-refractivity contribution in [2.45, 2.75) is 17.0 Å². The number of aromatic nitrogens is 2. The van der Waals surface area contributed by atoms with Crippen molar-refractivity contribution in [2.75, 3.05) is 11.9 Å². The second-order valence-corrected chi connectivity index (χ2v) is 10.9. The fourth-order valence-corrected chi connectivity index (χ4v) is 5.84. The molecule has 1 fully saturated rings. The number of thioether (sulfide) groups is 2. The molecule has 2 aromatic carbocycles. The highest BCUT2D eigenvalue weighted by molar-refractivity contribution is 8.26. The number of rotatable bonds is 7. The van der Waals surface area contributed by atoms with E-state index in [1.54, 1.807) is 24.3 Å². The van der Waals surface area contributed by atoms with Gasteiger partial charge < -0.3 is 0 Å². The molecule has 4 rings (SSSR count). The standard InChI is InChI=1S/C22H17FN4O2S4/c1-13-6-8-14(9-7-13)10-17-19(29)27(22(30)32-17)11-18(28)24-20-25-26-21(33-20)31-12-15-4-2-3-5-16(15)23/h2-10H,11-12H2,1H3,(H,24,25,28)/b17-10-. The van der Waals surface area contributed by atoms with E-state index in [9.17, 15) is 14.0 Å². The number of nitrogens with one attached hydrogen (secondary N) is 1. The van der Waals surface area contributed by atoms with E-state index < -0.39 is 5.91 Å². The summed E-state index contributed by atoms with van der Waals surface area (Å²) < 4.78 is 14.7. The second-order valence-electron chi connectivity index (χ2n) is 6.98. The van der Waals surface area contributed by atoms with Gasteiger partial charge in [-0.1, -0.05) is 95.1 Å². The van der Waals surface area contributed by atoms with Crippen molar-refractivity contribution in [2.24, 2.45) is 0 Å². The first-order valence-corrected chi connectivity index (χ1v) is 12.7. The van der Waals surface area contributed by atoms with E-state index in [0.29, 0.717) is 30.0 Å². The van der Waals surface area contributed by atoms with Gasteiger partial charge in [0.2, 0.25) is 11.0 Å². The minimum atomic E-state index is -0.426. The maximum absolute atomic E-state index is 13.7. The number of thiocarbonyl (C=S) groups is 1. The molecule has 3 aromatic rings. The minimum Gasteiger partial charge on any atom is -0.299 e. The van der Waals surface area contributed by atoms with Crippen molar-refractivity contribution >= 4 is 74.4 Å². The molecule has 1 N–H and O–H groups in total. The monoisotopic (exact) mass is 516 g/mol. The first-order chi connectivity index (χ1) is 15.9. The number of halogens is 1. The molecule has 0 aliphatic carbocycles. The van der Waals surface area contributed by atoms with Gasteiger partial charge in [0.1, 0.15) is 16.7 Å². The van der Waals surface area contributed by atoms with Crippen LogP contribution in [0, 0.1) is 12.7 Å². The molecular weight excluding hydrogens is 500 g/mol. The van der Waals surface area contributed by atoms with Crippen LogP contribution in [-0.2, 0) is 15.3 Å². The fourth-order valence-electron chi connectivity index (χ4n) is 2.83. The number of nitrogens with zero attached hydrogens (tertiary/aromatic N) is 3. The number of hydrogen-bond acceptors (Lipinski definition) is 8. The Labute approximate surface area is 207 Å². The average Bonchev–Trinajstić information content (AvgIpc) is 3.34. The van der Waals surface area contributed by atoms with Crippen LogP contribution in [0.3, 0.4) is 0 Å². The predicted octanol–water partition coefficient (Wildman–Crippen LogP) is 5.12. The quantitative estimate of drug-likeness (QED) is 0.202. The van der Waals surface area contributed by atoms with Crippen LogP contribution in [0.2, 0.25) is 0 Å². The Morgan fingerprint density at radius 2 is 1.97 bits per heavy atom. The molecule has 0 spiro atoms. The lowest BCUT2D eigenvalue weighted by molar-refractivity contribution is -0.126.